The van der Waals surface area contributed by atoms with E-state index in [2.05, 4.69) is 15.0 Å². The molecule has 94 valence electrons. The summed E-state index contributed by atoms with van der Waals surface area (Å²) in [5.41, 5.74) is 2.82. The minimum atomic E-state index is -0.230. The molecule has 2 aromatic rings. The highest BCUT2D eigenvalue weighted by atomic mass is 35.5. The lowest BCUT2D eigenvalue weighted by Crippen LogP contribution is -1.95. The van der Waals surface area contributed by atoms with Crippen LogP contribution in [0.5, 0.6) is 0 Å². The lowest BCUT2D eigenvalue weighted by atomic mass is 10.0. The maximum absolute atomic E-state index is 11.6. The Morgan fingerprint density at radius 2 is 2.16 bits per heavy atom. The van der Waals surface area contributed by atoms with Gasteiger partial charge in [0.2, 0.25) is 0 Å². The molecule has 0 unspecified atom stereocenters. The smallest absolute Gasteiger partial charge is 0.267 e. The fourth-order valence-corrected chi connectivity index (χ4v) is 2.39. The van der Waals surface area contributed by atoms with Crippen molar-refractivity contribution in [3.05, 3.63) is 40.5 Å². The average molecular weight is 290 g/mol. The van der Waals surface area contributed by atoms with Crippen molar-refractivity contribution in [2.24, 2.45) is 4.99 Å². The van der Waals surface area contributed by atoms with Crippen molar-refractivity contribution in [2.75, 3.05) is 6.26 Å². The molecule has 1 aromatic heterocycles. The van der Waals surface area contributed by atoms with Crippen LogP contribution in [0, 0.1) is 0 Å². The largest absolute Gasteiger partial charge is 0.277 e. The number of amides is 1. The van der Waals surface area contributed by atoms with Crippen molar-refractivity contribution in [1.29, 1.82) is 0 Å². The zero-order valence-corrected chi connectivity index (χ0v) is 11.5. The molecule has 0 bridgehead atoms. The Labute approximate surface area is 119 Å². The Morgan fingerprint density at radius 1 is 1.32 bits per heavy atom. The summed E-state index contributed by atoms with van der Waals surface area (Å²) in [4.78, 5) is 23.8. The first-order valence-electron chi connectivity index (χ1n) is 5.48. The topological polar surface area (TPSA) is 55.2 Å². The van der Waals surface area contributed by atoms with Crippen LogP contribution < -0.4 is 0 Å². The van der Waals surface area contributed by atoms with Crippen LogP contribution in [0.25, 0.3) is 11.3 Å². The van der Waals surface area contributed by atoms with Crippen LogP contribution in [0.3, 0.4) is 0 Å². The van der Waals surface area contributed by atoms with Gasteiger partial charge in [-0.15, -0.1) is 0 Å². The first kappa shape index (κ1) is 12.3. The SMILES string of the molecule is CSc1ncc(Cl)c(-c2ccc3c(c2)C(=O)N=C3)n1. The molecule has 0 aliphatic carbocycles. The molecular weight excluding hydrogens is 282 g/mol. The minimum Gasteiger partial charge on any atom is -0.267 e. The van der Waals surface area contributed by atoms with Gasteiger partial charge in [0, 0.05) is 17.3 Å². The van der Waals surface area contributed by atoms with Gasteiger partial charge in [-0.25, -0.2) is 15.0 Å². The normalized spacial score (nSPS) is 12.8. The summed E-state index contributed by atoms with van der Waals surface area (Å²) in [6.45, 7) is 0. The Morgan fingerprint density at radius 3 is 2.95 bits per heavy atom. The van der Waals surface area contributed by atoms with Crippen molar-refractivity contribution in [1.82, 2.24) is 9.97 Å². The fraction of sp³-hybridized carbons (Fsp3) is 0.0769. The van der Waals surface area contributed by atoms with Crippen LogP contribution >= 0.6 is 23.4 Å². The van der Waals surface area contributed by atoms with Gasteiger partial charge in [0.05, 0.1) is 22.5 Å². The van der Waals surface area contributed by atoms with Gasteiger partial charge in [0.15, 0.2) is 5.16 Å². The van der Waals surface area contributed by atoms with Crippen LogP contribution in [0.1, 0.15) is 15.9 Å². The molecule has 3 rings (SSSR count). The van der Waals surface area contributed by atoms with E-state index in [0.717, 1.165) is 11.1 Å². The Balaban J connectivity index is 2.13. The van der Waals surface area contributed by atoms with Crippen molar-refractivity contribution in [2.45, 2.75) is 5.16 Å². The monoisotopic (exact) mass is 289 g/mol. The van der Waals surface area contributed by atoms with E-state index in [-0.39, 0.29) is 5.91 Å². The second-order valence-electron chi connectivity index (χ2n) is 3.92. The van der Waals surface area contributed by atoms with Crippen molar-refractivity contribution >= 4 is 35.5 Å². The Kier molecular flexibility index (Phi) is 3.08. The maximum atomic E-state index is 11.6. The van der Waals surface area contributed by atoms with Gasteiger partial charge in [-0.1, -0.05) is 35.5 Å². The summed E-state index contributed by atoms with van der Waals surface area (Å²) in [5, 5.41) is 1.10. The van der Waals surface area contributed by atoms with Crippen LogP contribution in [-0.4, -0.2) is 28.3 Å². The van der Waals surface area contributed by atoms with Gasteiger partial charge >= 0.3 is 0 Å². The number of fused-ring (bicyclic) bond motifs is 1. The fourth-order valence-electron chi connectivity index (χ4n) is 1.85. The number of aromatic nitrogens is 2. The molecule has 0 spiro atoms. The van der Waals surface area contributed by atoms with E-state index in [1.807, 2.05) is 18.4 Å². The number of nitrogens with zero attached hydrogens (tertiary/aromatic N) is 3. The molecular formula is C13H8ClN3OS. The van der Waals surface area contributed by atoms with E-state index < -0.39 is 0 Å². The third-order valence-corrected chi connectivity index (χ3v) is 3.62. The van der Waals surface area contributed by atoms with Gasteiger partial charge in [0.1, 0.15) is 0 Å². The third kappa shape index (κ3) is 2.15. The second-order valence-corrected chi connectivity index (χ2v) is 5.10. The third-order valence-electron chi connectivity index (χ3n) is 2.78. The van der Waals surface area contributed by atoms with Gasteiger partial charge in [-0.3, -0.25) is 4.79 Å². The van der Waals surface area contributed by atoms with Gasteiger partial charge in [-0.2, -0.15) is 0 Å². The lowest BCUT2D eigenvalue weighted by molar-refractivity contribution is 0.101. The van der Waals surface area contributed by atoms with Crippen LogP contribution in [0.15, 0.2) is 34.5 Å². The summed E-state index contributed by atoms with van der Waals surface area (Å²) in [6.07, 6.45) is 5.03. The number of benzene rings is 1. The molecule has 0 saturated carbocycles. The predicted molar refractivity (Wildman–Crippen MR) is 76.2 cm³/mol. The molecule has 1 amide bonds. The summed E-state index contributed by atoms with van der Waals surface area (Å²) in [6, 6.07) is 5.49. The second kappa shape index (κ2) is 4.75. The molecule has 0 atom stereocenters. The molecule has 2 heterocycles. The highest BCUT2D eigenvalue weighted by Gasteiger charge is 2.17. The summed E-state index contributed by atoms with van der Waals surface area (Å²) < 4.78 is 0. The Bertz CT molecular complexity index is 715. The van der Waals surface area contributed by atoms with Gasteiger partial charge < -0.3 is 0 Å². The summed E-state index contributed by atoms with van der Waals surface area (Å²) in [5.74, 6) is -0.230. The van der Waals surface area contributed by atoms with Crippen LogP contribution in [-0.2, 0) is 0 Å². The molecule has 19 heavy (non-hydrogen) atoms. The first-order chi connectivity index (χ1) is 9.19. The molecule has 0 radical (unpaired) electrons. The molecule has 1 aliphatic heterocycles. The molecule has 4 nitrogen and oxygen atoms in total. The standard InChI is InChI=1S/C13H8ClN3OS/c1-19-13-16-6-10(14)11(17-13)7-2-3-8-5-15-12(18)9(8)4-7/h2-6H,1H3. The lowest BCUT2D eigenvalue weighted by Gasteiger charge is -2.06. The van der Waals surface area contributed by atoms with E-state index in [1.54, 1.807) is 18.5 Å². The number of hydrogen-bond acceptors (Lipinski definition) is 4. The van der Waals surface area contributed by atoms with Gasteiger partial charge in [-0.05, 0) is 12.3 Å². The number of aliphatic imine (C=N–C) groups is 1. The quantitative estimate of drug-likeness (QED) is 0.630. The number of halogens is 1. The number of carbonyl (C=O) groups is 1. The molecule has 0 fully saturated rings. The van der Waals surface area contributed by atoms with E-state index >= 15 is 0 Å². The van der Waals surface area contributed by atoms with E-state index in [4.69, 9.17) is 11.6 Å². The molecule has 1 aromatic carbocycles. The molecule has 0 saturated heterocycles. The van der Waals surface area contributed by atoms with Gasteiger partial charge in [0.25, 0.3) is 5.91 Å². The van der Waals surface area contributed by atoms with Crippen molar-refractivity contribution < 1.29 is 4.79 Å². The zero-order valence-electron chi connectivity index (χ0n) is 9.92. The molecule has 6 heteroatoms. The minimum absolute atomic E-state index is 0.230. The summed E-state index contributed by atoms with van der Waals surface area (Å²) >= 11 is 7.56. The van der Waals surface area contributed by atoms with E-state index in [1.165, 1.54) is 11.8 Å². The first-order valence-corrected chi connectivity index (χ1v) is 7.08. The zero-order chi connectivity index (χ0) is 13.4. The number of carbonyl (C=O) groups excluding carboxylic acids is 1. The highest BCUT2D eigenvalue weighted by Crippen LogP contribution is 2.29. The van der Waals surface area contributed by atoms with E-state index in [0.29, 0.717) is 21.4 Å². The summed E-state index contributed by atoms with van der Waals surface area (Å²) in [7, 11) is 0. The van der Waals surface area contributed by atoms with Crippen LogP contribution in [0.4, 0.5) is 0 Å². The highest BCUT2D eigenvalue weighted by molar-refractivity contribution is 7.98. The van der Waals surface area contributed by atoms with Crippen molar-refractivity contribution in [3.63, 3.8) is 0 Å². The number of thioether (sulfide) groups is 1. The molecule has 0 N–H and O–H groups in total. The molecule has 1 aliphatic rings. The Hall–Kier alpha value is -1.72. The number of hydrogen-bond donors (Lipinski definition) is 0. The average Bonchev–Trinajstić information content (AvgIpc) is 2.81. The van der Waals surface area contributed by atoms with E-state index in [9.17, 15) is 4.79 Å². The van der Waals surface area contributed by atoms with Crippen LogP contribution in [0.2, 0.25) is 5.02 Å². The van der Waals surface area contributed by atoms with Crippen molar-refractivity contribution in [3.8, 4) is 11.3 Å². The maximum Gasteiger partial charge on any atom is 0.277 e. The predicted octanol–water partition coefficient (Wildman–Crippen LogP) is 3.09. The number of rotatable bonds is 2.